The van der Waals surface area contributed by atoms with E-state index in [0.717, 1.165) is 17.7 Å². The third-order valence-electron chi connectivity index (χ3n) is 6.30. The quantitative estimate of drug-likeness (QED) is 0.556. The normalized spacial score (nSPS) is 25.1. The largest absolute Gasteiger partial charge is 0.447 e. The molecule has 1 aromatic carbocycles. The third kappa shape index (κ3) is 5.59. The van der Waals surface area contributed by atoms with Crippen LogP contribution in [0.5, 0.6) is 0 Å². The molecule has 4 rings (SSSR count). The van der Waals surface area contributed by atoms with E-state index in [1.807, 2.05) is 36.9 Å². The zero-order chi connectivity index (χ0) is 23.6. The molecule has 1 amide bonds. The number of rotatable bonds is 7. The molecule has 2 aromatic rings. The summed E-state index contributed by atoms with van der Waals surface area (Å²) in [7, 11) is 0. The molecule has 3 N–H and O–H groups in total. The Morgan fingerprint density at radius 3 is 2.91 bits per heavy atom. The smallest absolute Gasteiger partial charge is 0.410 e. The van der Waals surface area contributed by atoms with Gasteiger partial charge in [0.2, 0.25) is 5.89 Å². The summed E-state index contributed by atoms with van der Waals surface area (Å²) in [5, 5.41) is 24.9. The van der Waals surface area contributed by atoms with E-state index < -0.39 is 5.54 Å². The lowest BCUT2D eigenvalue weighted by atomic mass is 9.82. The number of amides is 1. The topological polar surface area (TPSA) is 113 Å². The van der Waals surface area contributed by atoms with Crippen molar-refractivity contribution in [1.82, 2.24) is 20.4 Å². The molecule has 1 aliphatic heterocycles. The summed E-state index contributed by atoms with van der Waals surface area (Å²) in [5.74, 6) is 0.684. The van der Waals surface area contributed by atoms with E-state index in [4.69, 9.17) is 20.8 Å². The molecule has 0 bridgehead atoms. The van der Waals surface area contributed by atoms with Crippen LogP contribution in [0.25, 0.3) is 0 Å². The number of halogens is 1. The van der Waals surface area contributed by atoms with E-state index in [-0.39, 0.29) is 24.2 Å². The fourth-order valence-electron chi connectivity index (χ4n) is 4.42. The highest BCUT2D eigenvalue weighted by atomic mass is 35.5. The van der Waals surface area contributed by atoms with Crippen LogP contribution < -0.4 is 10.6 Å². The minimum atomic E-state index is -0.466. The summed E-state index contributed by atoms with van der Waals surface area (Å²) in [5.41, 5.74) is 1.60. The Hall–Kier alpha value is -2.36. The zero-order valence-electron chi connectivity index (χ0n) is 19.3. The van der Waals surface area contributed by atoms with Crippen LogP contribution in [0.4, 0.5) is 10.8 Å². The first-order chi connectivity index (χ1) is 15.7. The number of benzene rings is 1. The molecule has 33 heavy (non-hydrogen) atoms. The van der Waals surface area contributed by atoms with Crippen molar-refractivity contribution in [3.8, 4) is 0 Å². The van der Waals surface area contributed by atoms with Crippen LogP contribution in [-0.2, 0) is 17.7 Å². The van der Waals surface area contributed by atoms with Crippen LogP contribution in [0.3, 0.4) is 0 Å². The maximum absolute atomic E-state index is 12.8. The van der Waals surface area contributed by atoms with E-state index in [2.05, 4.69) is 27.8 Å². The number of hydrogen-bond donors (Lipinski definition) is 3. The summed E-state index contributed by atoms with van der Waals surface area (Å²) >= 11 is 6.33. The maximum atomic E-state index is 12.8. The SMILES string of the molecule is CC(C)OC(=O)N1CCNC[C@]1(C)Cc1cc(Cl)ccc1CNc1nnc(C2CC(O)C2)o1. The van der Waals surface area contributed by atoms with Gasteiger partial charge in [-0.05, 0) is 63.3 Å². The number of piperazine rings is 1. The molecule has 2 fully saturated rings. The fourth-order valence-corrected chi connectivity index (χ4v) is 4.62. The lowest BCUT2D eigenvalue weighted by molar-refractivity contribution is 0.0272. The number of aliphatic hydroxyl groups is 1. The Morgan fingerprint density at radius 1 is 1.39 bits per heavy atom. The second-order valence-electron chi connectivity index (χ2n) is 9.47. The van der Waals surface area contributed by atoms with Gasteiger partial charge in [0.25, 0.3) is 0 Å². The molecule has 180 valence electrons. The van der Waals surface area contributed by atoms with Gasteiger partial charge in [-0.1, -0.05) is 22.8 Å². The molecule has 9 nitrogen and oxygen atoms in total. The van der Waals surface area contributed by atoms with Crippen molar-refractivity contribution in [2.24, 2.45) is 0 Å². The van der Waals surface area contributed by atoms with E-state index >= 15 is 0 Å². The molecule has 1 saturated heterocycles. The first-order valence-electron chi connectivity index (χ1n) is 11.4. The van der Waals surface area contributed by atoms with Crippen LogP contribution in [0.15, 0.2) is 22.6 Å². The Bertz CT molecular complexity index is 978. The maximum Gasteiger partial charge on any atom is 0.410 e. The zero-order valence-corrected chi connectivity index (χ0v) is 20.1. The number of aromatic nitrogens is 2. The van der Waals surface area contributed by atoms with Crippen molar-refractivity contribution in [3.05, 3.63) is 40.2 Å². The highest BCUT2D eigenvalue weighted by Gasteiger charge is 2.39. The highest BCUT2D eigenvalue weighted by molar-refractivity contribution is 6.30. The monoisotopic (exact) mass is 477 g/mol. The predicted octanol–water partition coefficient (Wildman–Crippen LogP) is 3.32. The number of nitrogens with zero attached hydrogens (tertiary/aromatic N) is 3. The number of ether oxygens (including phenoxy) is 1. The van der Waals surface area contributed by atoms with Gasteiger partial charge in [0.05, 0.1) is 17.7 Å². The molecule has 0 radical (unpaired) electrons. The first kappa shape index (κ1) is 23.8. The molecule has 1 atom stereocenters. The number of aliphatic hydroxyl groups excluding tert-OH is 1. The van der Waals surface area contributed by atoms with Gasteiger partial charge in [-0.2, -0.15) is 0 Å². The predicted molar refractivity (Wildman–Crippen MR) is 124 cm³/mol. The molecule has 10 heteroatoms. The fraction of sp³-hybridized carbons (Fsp3) is 0.609. The Labute approximate surface area is 198 Å². The number of anilines is 1. The molecule has 1 saturated carbocycles. The lowest BCUT2D eigenvalue weighted by Crippen LogP contribution is -2.62. The minimum Gasteiger partial charge on any atom is -0.447 e. The Morgan fingerprint density at radius 2 is 2.18 bits per heavy atom. The summed E-state index contributed by atoms with van der Waals surface area (Å²) < 4.78 is 11.2. The second-order valence-corrected chi connectivity index (χ2v) is 9.91. The van der Waals surface area contributed by atoms with Crippen LogP contribution in [0.1, 0.15) is 56.5 Å². The molecular weight excluding hydrogens is 446 g/mol. The van der Waals surface area contributed by atoms with Crippen LogP contribution >= 0.6 is 11.6 Å². The van der Waals surface area contributed by atoms with Crippen molar-refractivity contribution < 1.29 is 19.1 Å². The van der Waals surface area contributed by atoms with Crippen LogP contribution in [0.2, 0.25) is 5.02 Å². The Balaban J connectivity index is 1.47. The molecule has 2 aliphatic rings. The standard InChI is InChI=1S/C23H32ClN5O4/c1-14(2)32-22(31)29-7-6-25-13-23(29,3)11-17-8-18(24)5-4-15(17)12-26-21-28-27-20(33-21)16-9-19(30)10-16/h4-5,8,14,16,19,25,30H,6-7,9-13H2,1-3H3,(H,26,28)/t16?,19?,23-/m0/s1. The van der Waals surface area contributed by atoms with Gasteiger partial charge in [0, 0.05) is 37.1 Å². The average molecular weight is 478 g/mol. The van der Waals surface area contributed by atoms with E-state index in [1.165, 1.54) is 0 Å². The summed E-state index contributed by atoms with van der Waals surface area (Å²) in [6, 6.07) is 6.11. The van der Waals surface area contributed by atoms with E-state index in [1.54, 1.807) is 0 Å². The summed E-state index contributed by atoms with van der Waals surface area (Å²) in [6.45, 7) is 8.21. The van der Waals surface area contributed by atoms with Crippen LogP contribution in [-0.4, -0.2) is 63.7 Å². The molecule has 0 spiro atoms. The van der Waals surface area contributed by atoms with Gasteiger partial charge in [0.1, 0.15) is 0 Å². The van der Waals surface area contributed by atoms with Gasteiger partial charge in [-0.3, -0.25) is 4.90 Å². The van der Waals surface area contributed by atoms with E-state index in [0.29, 0.717) is 55.8 Å². The molecular formula is C23H32ClN5O4. The molecule has 1 aliphatic carbocycles. The van der Waals surface area contributed by atoms with Crippen molar-refractivity contribution in [1.29, 1.82) is 0 Å². The van der Waals surface area contributed by atoms with Gasteiger partial charge in [-0.25, -0.2) is 4.79 Å². The third-order valence-corrected chi connectivity index (χ3v) is 6.53. The van der Waals surface area contributed by atoms with Crippen molar-refractivity contribution in [2.45, 2.75) is 70.2 Å². The summed E-state index contributed by atoms with van der Waals surface area (Å²) in [4.78, 5) is 14.6. The van der Waals surface area contributed by atoms with Crippen molar-refractivity contribution in [2.75, 3.05) is 25.0 Å². The molecule has 2 heterocycles. The van der Waals surface area contributed by atoms with Gasteiger partial charge >= 0.3 is 12.1 Å². The number of carbonyl (C=O) groups is 1. The minimum absolute atomic E-state index is 0.129. The second kappa shape index (κ2) is 9.87. The number of hydrogen-bond acceptors (Lipinski definition) is 8. The Kier molecular flexibility index (Phi) is 7.11. The first-order valence-corrected chi connectivity index (χ1v) is 11.8. The van der Waals surface area contributed by atoms with Crippen LogP contribution in [0, 0.1) is 0 Å². The number of nitrogens with one attached hydrogen (secondary N) is 2. The molecule has 0 unspecified atom stereocenters. The lowest BCUT2D eigenvalue weighted by Gasteiger charge is -2.45. The summed E-state index contributed by atoms with van der Waals surface area (Å²) in [6.07, 6.45) is 1.18. The van der Waals surface area contributed by atoms with Crippen molar-refractivity contribution in [3.63, 3.8) is 0 Å². The van der Waals surface area contributed by atoms with Gasteiger partial charge < -0.3 is 24.9 Å². The molecule has 1 aromatic heterocycles. The average Bonchev–Trinajstić information content (AvgIpc) is 3.19. The number of carbonyl (C=O) groups excluding carboxylic acids is 1. The van der Waals surface area contributed by atoms with Crippen molar-refractivity contribution >= 4 is 23.7 Å². The van der Waals surface area contributed by atoms with E-state index in [9.17, 15) is 9.90 Å². The van der Waals surface area contributed by atoms with Gasteiger partial charge in [-0.15, -0.1) is 5.10 Å². The van der Waals surface area contributed by atoms with Gasteiger partial charge in [0.15, 0.2) is 0 Å². The highest BCUT2D eigenvalue weighted by Crippen LogP contribution is 2.36.